The number of aryl methyl sites for hydroxylation is 1. The van der Waals surface area contributed by atoms with Crippen molar-refractivity contribution in [3.63, 3.8) is 0 Å². The van der Waals surface area contributed by atoms with E-state index in [2.05, 4.69) is 15.3 Å². The Morgan fingerprint density at radius 2 is 1.89 bits per heavy atom. The van der Waals surface area contributed by atoms with Gasteiger partial charge in [0.05, 0.1) is 40.6 Å². The number of pyridine rings is 1. The van der Waals surface area contributed by atoms with Crippen LogP contribution in [-0.4, -0.2) is 50.6 Å². The monoisotopic (exact) mass is 489 g/mol. The number of hydrogen-bond donors (Lipinski definition) is 1. The number of benzene rings is 1. The van der Waals surface area contributed by atoms with Crippen molar-refractivity contribution in [3.05, 3.63) is 63.5 Å². The van der Waals surface area contributed by atoms with Crippen molar-refractivity contribution in [3.8, 4) is 0 Å². The fraction of sp³-hybridized carbons (Fsp3) is 0.417. The van der Waals surface area contributed by atoms with Crippen LogP contribution in [0, 0.1) is 6.92 Å². The number of halogens is 3. The summed E-state index contributed by atoms with van der Waals surface area (Å²) in [6.45, 7) is 6.07. The predicted octanol–water partition coefficient (Wildman–Crippen LogP) is 3.52. The molecule has 1 fully saturated rings. The zero-order valence-corrected chi connectivity index (χ0v) is 19.8. The number of hydrogen-bond acceptors (Lipinski definition) is 6. The van der Waals surface area contributed by atoms with E-state index in [1.165, 1.54) is 29.9 Å². The van der Waals surface area contributed by atoms with E-state index < -0.39 is 17.3 Å². The number of aromatic nitrogens is 3. The maximum absolute atomic E-state index is 13.8. The molecule has 186 valence electrons. The average Bonchev–Trinajstić information content (AvgIpc) is 2.79. The molecule has 0 bridgehead atoms. The first-order chi connectivity index (χ1) is 16.4. The molecule has 2 atom stereocenters. The summed E-state index contributed by atoms with van der Waals surface area (Å²) in [6, 6.07) is 5.26. The Morgan fingerprint density at radius 1 is 1.20 bits per heavy atom. The van der Waals surface area contributed by atoms with Gasteiger partial charge in [-0.2, -0.15) is 13.2 Å². The van der Waals surface area contributed by atoms with Crippen LogP contribution >= 0.6 is 0 Å². The number of amides is 1. The standard InChI is InChI=1S/C24H26F3N5O3/c1-13-11-32(12-14(2)35-13)23(34)20-6-5-17(10-29-20)28-9-16-7-18-21(8-19(16)24(25,26)27)30-15(3)31(4)22(18)33/h5-8,10,13-14,28H,9,11-12H2,1-4H3. The van der Waals surface area contributed by atoms with Crippen LogP contribution in [0.15, 0.2) is 35.3 Å². The summed E-state index contributed by atoms with van der Waals surface area (Å²) in [5.74, 6) is 0.0919. The van der Waals surface area contributed by atoms with Gasteiger partial charge < -0.3 is 15.0 Å². The molecule has 11 heteroatoms. The second-order valence-electron chi connectivity index (χ2n) is 8.80. The number of morpholine rings is 1. The van der Waals surface area contributed by atoms with Crippen LogP contribution in [0.25, 0.3) is 10.9 Å². The lowest BCUT2D eigenvalue weighted by molar-refractivity contribution is -0.138. The number of anilines is 1. The number of nitrogens with zero attached hydrogens (tertiary/aromatic N) is 4. The molecule has 1 saturated heterocycles. The summed E-state index contributed by atoms with van der Waals surface area (Å²) < 4.78 is 48.2. The van der Waals surface area contributed by atoms with Gasteiger partial charge in [-0.3, -0.25) is 14.2 Å². The first-order valence-electron chi connectivity index (χ1n) is 11.2. The summed E-state index contributed by atoms with van der Waals surface area (Å²) in [5, 5.41) is 3.01. The normalized spacial score (nSPS) is 18.7. The number of fused-ring (bicyclic) bond motifs is 1. The van der Waals surface area contributed by atoms with E-state index in [9.17, 15) is 22.8 Å². The second kappa shape index (κ2) is 9.29. The number of carbonyl (C=O) groups is 1. The van der Waals surface area contributed by atoms with Crippen molar-refractivity contribution in [1.29, 1.82) is 0 Å². The zero-order valence-electron chi connectivity index (χ0n) is 19.8. The van der Waals surface area contributed by atoms with Crippen LogP contribution in [0.1, 0.15) is 41.3 Å². The topological polar surface area (TPSA) is 89.4 Å². The molecule has 1 aliphatic heterocycles. The highest BCUT2D eigenvalue weighted by Crippen LogP contribution is 2.34. The summed E-state index contributed by atoms with van der Waals surface area (Å²) in [4.78, 5) is 35.3. The van der Waals surface area contributed by atoms with E-state index in [4.69, 9.17) is 4.74 Å². The highest BCUT2D eigenvalue weighted by atomic mass is 19.4. The first-order valence-corrected chi connectivity index (χ1v) is 11.2. The molecule has 4 rings (SSSR count). The lowest BCUT2D eigenvalue weighted by Crippen LogP contribution is -2.48. The van der Waals surface area contributed by atoms with Gasteiger partial charge in [-0.25, -0.2) is 9.97 Å². The number of alkyl halides is 3. The van der Waals surface area contributed by atoms with Gasteiger partial charge in [-0.05, 0) is 50.6 Å². The van der Waals surface area contributed by atoms with Gasteiger partial charge in [-0.15, -0.1) is 0 Å². The summed E-state index contributed by atoms with van der Waals surface area (Å²) in [5.41, 5.74) is -0.703. The number of nitrogens with one attached hydrogen (secondary N) is 1. The molecule has 0 saturated carbocycles. The Balaban J connectivity index is 1.56. The third-order valence-electron chi connectivity index (χ3n) is 6.00. The summed E-state index contributed by atoms with van der Waals surface area (Å²) >= 11 is 0. The van der Waals surface area contributed by atoms with Crippen molar-refractivity contribution < 1.29 is 22.7 Å². The molecule has 2 unspecified atom stereocenters. The van der Waals surface area contributed by atoms with Crippen molar-refractivity contribution in [2.75, 3.05) is 18.4 Å². The minimum atomic E-state index is -4.62. The van der Waals surface area contributed by atoms with Crippen LogP contribution in [0.2, 0.25) is 0 Å². The van der Waals surface area contributed by atoms with Gasteiger partial charge in [-0.1, -0.05) is 0 Å². The lowest BCUT2D eigenvalue weighted by Gasteiger charge is -2.35. The van der Waals surface area contributed by atoms with Gasteiger partial charge in [0.2, 0.25) is 0 Å². The summed E-state index contributed by atoms with van der Waals surface area (Å²) in [7, 11) is 1.52. The highest BCUT2D eigenvalue weighted by molar-refractivity contribution is 5.92. The first kappa shape index (κ1) is 24.6. The van der Waals surface area contributed by atoms with E-state index in [1.807, 2.05) is 13.8 Å². The average molecular weight is 489 g/mol. The molecule has 3 heterocycles. The zero-order chi connectivity index (χ0) is 25.5. The van der Waals surface area contributed by atoms with Gasteiger partial charge in [0, 0.05) is 26.7 Å². The third kappa shape index (κ3) is 5.14. The van der Waals surface area contributed by atoms with Crippen molar-refractivity contribution >= 4 is 22.5 Å². The maximum atomic E-state index is 13.8. The predicted molar refractivity (Wildman–Crippen MR) is 124 cm³/mol. The fourth-order valence-corrected chi connectivity index (χ4v) is 4.21. The molecule has 3 aromatic rings. The highest BCUT2D eigenvalue weighted by Gasteiger charge is 2.34. The Bertz CT molecular complexity index is 1310. The number of carbonyl (C=O) groups excluding carboxylic acids is 1. The van der Waals surface area contributed by atoms with E-state index >= 15 is 0 Å². The molecule has 2 aromatic heterocycles. The quantitative estimate of drug-likeness (QED) is 0.603. The van der Waals surface area contributed by atoms with Crippen LogP contribution in [0.3, 0.4) is 0 Å². The SMILES string of the molecule is Cc1nc2cc(C(F)(F)F)c(CNc3ccc(C(=O)N4CC(C)OC(C)C4)nc3)cc2c(=O)n1C. The van der Waals surface area contributed by atoms with Crippen LogP contribution < -0.4 is 10.9 Å². The lowest BCUT2D eigenvalue weighted by atomic mass is 10.0. The van der Waals surface area contributed by atoms with Gasteiger partial charge in [0.1, 0.15) is 11.5 Å². The molecular weight excluding hydrogens is 463 g/mol. The number of ether oxygens (including phenoxy) is 1. The minimum Gasteiger partial charge on any atom is -0.380 e. The molecule has 1 aromatic carbocycles. The van der Waals surface area contributed by atoms with E-state index in [0.29, 0.717) is 24.6 Å². The third-order valence-corrected chi connectivity index (χ3v) is 6.00. The smallest absolute Gasteiger partial charge is 0.380 e. The van der Waals surface area contributed by atoms with Crippen LogP contribution in [0.4, 0.5) is 18.9 Å². The Morgan fingerprint density at radius 3 is 2.49 bits per heavy atom. The maximum Gasteiger partial charge on any atom is 0.416 e. The molecular formula is C24H26F3N5O3. The van der Waals surface area contributed by atoms with Gasteiger partial charge >= 0.3 is 6.18 Å². The second-order valence-corrected chi connectivity index (χ2v) is 8.80. The molecule has 1 N–H and O–H groups in total. The van der Waals surface area contributed by atoms with Gasteiger partial charge in [0.25, 0.3) is 11.5 Å². The van der Waals surface area contributed by atoms with Crippen LogP contribution in [0.5, 0.6) is 0 Å². The largest absolute Gasteiger partial charge is 0.416 e. The van der Waals surface area contributed by atoms with E-state index in [1.54, 1.807) is 17.9 Å². The fourth-order valence-electron chi connectivity index (χ4n) is 4.21. The molecule has 1 aliphatic rings. The van der Waals surface area contributed by atoms with E-state index in [-0.39, 0.29) is 46.8 Å². The van der Waals surface area contributed by atoms with Crippen molar-refractivity contribution in [2.24, 2.45) is 7.05 Å². The molecule has 8 nitrogen and oxygen atoms in total. The van der Waals surface area contributed by atoms with Crippen molar-refractivity contribution in [2.45, 2.75) is 45.7 Å². The summed E-state index contributed by atoms with van der Waals surface area (Å²) in [6.07, 6.45) is -3.38. The van der Waals surface area contributed by atoms with Crippen molar-refractivity contribution in [1.82, 2.24) is 19.4 Å². The Kier molecular flexibility index (Phi) is 6.54. The van der Waals surface area contributed by atoms with E-state index in [0.717, 1.165) is 6.07 Å². The minimum absolute atomic E-state index is 0.00189. The Labute approximate surface area is 199 Å². The Hall–Kier alpha value is -3.47. The molecule has 35 heavy (non-hydrogen) atoms. The molecule has 0 spiro atoms. The number of rotatable bonds is 4. The molecule has 0 aliphatic carbocycles. The molecule has 0 radical (unpaired) electrons. The molecule has 1 amide bonds. The van der Waals surface area contributed by atoms with Gasteiger partial charge in [0.15, 0.2) is 0 Å². The van der Waals surface area contributed by atoms with Crippen LogP contribution in [-0.2, 0) is 24.5 Å².